The Hall–Kier alpha value is -2.92. The van der Waals surface area contributed by atoms with Crippen molar-refractivity contribution in [2.75, 3.05) is 12.4 Å². The number of amides is 1. The van der Waals surface area contributed by atoms with Crippen molar-refractivity contribution < 1.29 is 9.53 Å². The maximum atomic E-state index is 12.8. The van der Waals surface area contributed by atoms with Gasteiger partial charge in [-0.25, -0.2) is 4.68 Å². The van der Waals surface area contributed by atoms with E-state index < -0.39 is 0 Å². The van der Waals surface area contributed by atoms with E-state index in [4.69, 9.17) is 9.84 Å². The van der Waals surface area contributed by atoms with Crippen LogP contribution in [0.5, 0.6) is 0 Å². The monoisotopic (exact) mass is 377 g/mol. The molecule has 0 saturated carbocycles. The summed E-state index contributed by atoms with van der Waals surface area (Å²) < 4.78 is 7.02. The molecule has 2 aromatic carbocycles. The molecule has 3 rings (SSSR count). The number of anilines is 1. The first-order chi connectivity index (χ1) is 13.4. The van der Waals surface area contributed by atoms with E-state index >= 15 is 0 Å². The van der Waals surface area contributed by atoms with Crippen molar-refractivity contribution in [1.82, 2.24) is 9.78 Å². The van der Waals surface area contributed by atoms with E-state index in [2.05, 4.69) is 38.2 Å². The van der Waals surface area contributed by atoms with Gasteiger partial charge in [0.1, 0.15) is 5.82 Å². The predicted octanol–water partition coefficient (Wildman–Crippen LogP) is 4.63. The average molecular weight is 377 g/mol. The van der Waals surface area contributed by atoms with Gasteiger partial charge in [-0.15, -0.1) is 0 Å². The van der Waals surface area contributed by atoms with Crippen molar-refractivity contribution in [3.8, 4) is 0 Å². The molecule has 0 unspecified atom stereocenters. The lowest BCUT2D eigenvalue weighted by molar-refractivity contribution is 0.102. The molecular weight excluding hydrogens is 350 g/mol. The zero-order valence-corrected chi connectivity index (χ0v) is 16.9. The summed E-state index contributed by atoms with van der Waals surface area (Å²) in [6, 6.07) is 19.5. The second kappa shape index (κ2) is 8.40. The summed E-state index contributed by atoms with van der Waals surface area (Å²) in [5.74, 6) is 0.531. The van der Waals surface area contributed by atoms with E-state index in [9.17, 15) is 4.79 Å². The fraction of sp³-hybridized carbons (Fsp3) is 0.304. The zero-order valence-electron chi connectivity index (χ0n) is 16.9. The summed E-state index contributed by atoms with van der Waals surface area (Å²) in [5, 5.41) is 7.78. The van der Waals surface area contributed by atoms with Gasteiger partial charge in [0.25, 0.3) is 5.91 Å². The molecule has 0 spiro atoms. The highest BCUT2D eigenvalue weighted by Crippen LogP contribution is 2.25. The molecule has 0 bridgehead atoms. The van der Waals surface area contributed by atoms with Gasteiger partial charge in [0.15, 0.2) is 0 Å². The molecule has 146 valence electrons. The van der Waals surface area contributed by atoms with Gasteiger partial charge in [0.05, 0.1) is 18.8 Å². The molecule has 1 aromatic heterocycles. The zero-order chi connectivity index (χ0) is 20.1. The molecule has 0 aliphatic carbocycles. The second-order valence-electron chi connectivity index (χ2n) is 7.90. The van der Waals surface area contributed by atoms with Crippen LogP contribution < -0.4 is 5.32 Å². The number of ether oxygens (including phenoxy) is 1. The minimum Gasteiger partial charge on any atom is -0.380 e. The van der Waals surface area contributed by atoms with Crippen molar-refractivity contribution in [2.45, 2.75) is 39.3 Å². The van der Waals surface area contributed by atoms with Crippen molar-refractivity contribution in [1.29, 1.82) is 0 Å². The van der Waals surface area contributed by atoms with Crippen LogP contribution in [0.1, 0.15) is 48.0 Å². The van der Waals surface area contributed by atoms with E-state index in [-0.39, 0.29) is 11.3 Å². The summed E-state index contributed by atoms with van der Waals surface area (Å²) in [7, 11) is 1.64. The molecule has 0 aliphatic heterocycles. The normalized spacial score (nSPS) is 11.4. The topological polar surface area (TPSA) is 56.1 Å². The van der Waals surface area contributed by atoms with Gasteiger partial charge < -0.3 is 10.1 Å². The number of nitrogens with zero attached hydrogens (tertiary/aromatic N) is 2. The van der Waals surface area contributed by atoms with Crippen LogP contribution in [0.3, 0.4) is 0 Å². The van der Waals surface area contributed by atoms with Gasteiger partial charge >= 0.3 is 0 Å². The first-order valence-corrected chi connectivity index (χ1v) is 9.38. The van der Waals surface area contributed by atoms with E-state index in [1.54, 1.807) is 13.2 Å². The molecular formula is C23H27N3O2. The molecule has 5 nitrogen and oxygen atoms in total. The second-order valence-corrected chi connectivity index (χ2v) is 7.90. The molecule has 1 N–H and O–H groups in total. The Bertz CT molecular complexity index is 940. The third kappa shape index (κ3) is 4.87. The number of methoxy groups -OCH3 is 1. The summed E-state index contributed by atoms with van der Waals surface area (Å²) in [5.41, 5.74) is 3.51. The van der Waals surface area contributed by atoms with Crippen LogP contribution in [0.25, 0.3) is 0 Å². The highest BCUT2D eigenvalue weighted by atomic mass is 16.5. The SMILES string of the molecule is COCc1cccc(C(=O)Nc2cc(C(C)(C)C)nn2Cc2ccccc2)c1. The molecule has 0 radical (unpaired) electrons. The molecule has 0 atom stereocenters. The average Bonchev–Trinajstić information content (AvgIpc) is 3.06. The Morgan fingerprint density at radius 1 is 1.04 bits per heavy atom. The lowest BCUT2D eigenvalue weighted by Crippen LogP contribution is -2.16. The van der Waals surface area contributed by atoms with Crippen molar-refractivity contribution in [2.24, 2.45) is 0 Å². The molecule has 0 saturated heterocycles. The number of carbonyl (C=O) groups is 1. The highest BCUT2D eigenvalue weighted by Gasteiger charge is 2.21. The van der Waals surface area contributed by atoms with Crippen molar-refractivity contribution >= 4 is 11.7 Å². The Morgan fingerprint density at radius 3 is 2.43 bits per heavy atom. The largest absolute Gasteiger partial charge is 0.380 e. The van der Waals surface area contributed by atoms with Crippen LogP contribution in [0, 0.1) is 0 Å². The Labute approximate surface area is 166 Å². The Kier molecular flexibility index (Phi) is 5.95. The number of hydrogen-bond acceptors (Lipinski definition) is 3. The van der Waals surface area contributed by atoms with Gasteiger partial charge in [-0.1, -0.05) is 63.2 Å². The molecule has 0 fully saturated rings. The van der Waals surface area contributed by atoms with Crippen LogP contribution in [-0.2, 0) is 23.3 Å². The Balaban J connectivity index is 1.88. The fourth-order valence-corrected chi connectivity index (χ4v) is 2.92. The van der Waals surface area contributed by atoms with E-state index in [0.29, 0.717) is 24.5 Å². The van der Waals surface area contributed by atoms with Crippen LogP contribution in [0.15, 0.2) is 60.7 Å². The minimum atomic E-state index is -0.160. The fourth-order valence-electron chi connectivity index (χ4n) is 2.92. The van der Waals surface area contributed by atoms with Crippen LogP contribution >= 0.6 is 0 Å². The third-order valence-electron chi connectivity index (χ3n) is 4.47. The molecule has 1 amide bonds. The molecule has 3 aromatic rings. The predicted molar refractivity (Wildman–Crippen MR) is 112 cm³/mol. The van der Waals surface area contributed by atoms with Crippen molar-refractivity contribution in [3.63, 3.8) is 0 Å². The number of nitrogens with one attached hydrogen (secondary N) is 1. The maximum absolute atomic E-state index is 12.8. The van der Waals surface area contributed by atoms with Gasteiger partial charge in [-0.3, -0.25) is 4.79 Å². The number of benzene rings is 2. The van der Waals surface area contributed by atoms with Gasteiger partial charge in [-0.2, -0.15) is 5.10 Å². The van der Waals surface area contributed by atoms with Gasteiger partial charge in [-0.05, 0) is 23.3 Å². The lowest BCUT2D eigenvalue weighted by Gasteiger charge is -2.14. The van der Waals surface area contributed by atoms with Crippen LogP contribution in [0.2, 0.25) is 0 Å². The Morgan fingerprint density at radius 2 is 1.75 bits per heavy atom. The van der Waals surface area contributed by atoms with E-state index in [0.717, 1.165) is 16.8 Å². The summed E-state index contributed by atoms with van der Waals surface area (Å²) in [4.78, 5) is 12.8. The highest BCUT2D eigenvalue weighted by molar-refractivity contribution is 6.04. The summed E-state index contributed by atoms with van der Waals surface area (Å²) in [6.07, 6.45) is 0. The standard InChI is InChI=1S/C23H27N3O2/c1-23(2,3)20-14-21(26(25-20)15-17-9-6-5-7-10-17)24-22(27)19-12-8-11-18(13-19)16-28-4/h5-14H,15-16H2,1-4H3,(H,24,27). The van der Waals surface area contributed by atoms with E-state index in [1.807, 2.05) is 47.1 Å². The smallest absolute Gasteiger partial charge is 0.256 e. The molecule has 0 aliphatic rings. The van der Waals surface area contributed by atoms with Gasteiger partial charge in [0, 0.05) is 24.2 Å². The summed E-state index contributed by atoms with van der Waals surface area (Å²) in [6.45, 7) is 7.41. The molecule has 5 heteroatoms. The maximum Gasteiger partial charge on any atom is 0.256 e. The van der Waals surface area contributed by atoms with Crippen molar-refractivity contribution in [3.05, 3.63) is 83.0 Å². The quantitative estimate of drug-likeness (QED) is 0.681. The minimum absolute atomic E-state index is 0.111. The molecule has 1 heterocycles. The number of aromatic nitrogens is 2. The summed E-state index contributed by atoms with van der Waals surface area (Å²) >= 11 is 0. The van der Waals surface area contributed by atoms with E-state index in [1.165, 1.54) is 0 Å². The van der Waals surface area contributed by atoms with Gasteiger partial charge in [0.2, 0.25) is 0 Å². The molecule has 28 heavy (non-hydrogen) atoms. The lowest BCUT2D eigenvalue weighted by atomic mass is 9.92. The first-order valence-electron chi connectivity index (χ1n) is 9.38. The number of rotatable bonds is 6. The third-order valence-corrected chi connectivity index (χ3v) is 4.47. The van der Waals surface area contributed by atoms with Crippen LogP contribution in [-0.4, -0.2) is 22.8 Å². The first kappa shape index (κ1) is 19.8. The number of carbonyl (C=O) groups excluding carboxylic acids is 1. The number of hydrogen-bond donors (Lipinski definition) is 1. The van der Waals surface area contributed by atoms with Crippen LogP contribution in [0.4, 0.5) is 5.82 Å².